The summed E-state index contributed by atoms with van der Waals surface area (Å²) in [5.74, 6) is 0. The van der Waals surface area contributed by atoms with Crippen LogP contribution in [0.25, 0.3) is 0 Å². The molecule has 0 amide bonds. The summed E-state index contributed by atoms with van der Waals surface area (Å²) in [6.45, 7) is 7.09. The predicted octanol–water partition coefficient (Wildman–Crippen LogP) is 6.70. The van der Waals surface area contributed by atoms with Gasteiger partial charge in [0.25, 0.3) is 0 Å². The molecule has 2 N–H and O–H groups in total. The lowest BCUT2D eigenvalue weighted by Gasteiger charge is -2.25. The average Bonchev–Trinajstić information content (AvgIpc) is 2.53. The van der Waals surface area contributed by atoms with Crippen LogP contribution in [0.1, 0.15) is 90.5 Å². The van der Waals surface area contributed by atoms with Gasteiger partial charge in [0.05, 0.1) is 0 Å². The number of benzene rings is 1. The monoisotopic (exact) mass is 338 g/mol. The van der Waals surface area contributed by atoms with Gasteiger partial charge in [0.2, 0.25) is 0 Å². The van der Waals surface area contributed by atoms with Crippen LogP contribution in [0, 0.1) is 0 Å². The van der Waals surface area contributed by atoms with E-state index in [1.165, 1.54) is 75.9 Å². The lowest BCUT2D eigenvalue weighted by Crippen LogP contribution is -2.10. The van der Waals surface area contributed by atoms with Crippen molar-refractivity contribution in [2.45, 2.75) is 90.1 Å². The molecule has 0 spiro atoms. The molecule has 1 aromatic carbocycles. The first-order valence-electron chi connectivity index (χ1n) is 9.47. The number of unbranched alkanes of at least 4 members (excludes halogenated alkanes) is 9. The Labute approximate surface area is 146 Å². The van der Waals surface area contributed by atoms with Gasteiger partial charge < -0.3 is 5.48 Å². The van der Waals surface area contributed by atoms with E-state index in [-0.39, 0.29) is 5.48 Å². The van der Waals surface area contributed by atoms with Crippen molar-refractivity contribution >= 4 is 8.58 Å². The third-order valence-electron chi connectivity index (χ3n) is 4.59. The van der Waals surface area contributed by atoms with Crippen LogP contribution in [0.3, 0.4) is 0 Å². The molecule has 0 heterocycles. The molecule has 0 aliphatic carbocycles. The van der Waals surface area contributed by atoms with E-state index in [2.05, 4.69) is 51.1 Å². The number of hydrogen-bond acceptors (Lipinski definition) is 0. The van der Waals surface area contributed by atoms with E-state index in [0.29, 0.717) is 5.16 Å². The highest BCUT2D eigenvalue weighted by Crippen LogP contribution is 2.41. The molecular formula is C21H39OP. The molecule has 0 aromatic heterocycles. The smallest absolute Gasteiger partial charge is 0.00698 e. The average molecular weight is 339 g/mol. The van der Waals surface area contributed by atoms with Gasteiger partial charge in [0, 0.05) is 5.16 Å². The highest BCUT2D eigenvalue weighted by molar-refractivity contribution is 7.39. The van der Waals surface area contributed by atoms with Crippen molar-refractivity contribution in [1.82, 2.24) is 0 Å². The highest BCUT2D eigenvalue weighted by Gasteiger charge is 2.18. The number of rotatable bonds is 13. The SMILES string of the molecule is CCCCCCCCCCCCPC(C)(C)c1ccccc1.O. The Bertz CT molecular complexity index is 361. The quantitative estimate of drug-likeness (QED) is 0.283. The largest absolute Gasteiger partial charge is 0.412 e. The molecule has 1 nitrogen and oxygen atoms in total. The first kappa shape index (κ1) is 22.6. The summed E-state index contributed by atoms with van der Waals surface area (Å²) in [5.41, 5.74) is 1.50. The summed E-state index contributed by atoms with van der Waals surface area (Å²) >= 11 is 0. The summed E-state index contributed by atoms with van der Waals surface area (Å²) in [6.07, 6.45) is 15.8. The first-order valence-corrected chi connectivity index (χ1v) is 10.7. The van der Waals surface area contributed by atoms with E-state index >= 15 is 0 Å². The minimum absolute atomic E-state index is 0. The Morgan fingerprint density at radius 2 is 1.22 bits per heavy atom. The van der Waals surface area contributed by atoms with Gasteiger partial charge >= 0.3 is 0 Å². The second-order valence-corrected chi connectivity index (χ2v) is 9.20. The van der Waals surface area contributed by atoms with Crippen molar-refractivity contribution < 1.29 is 5.48 Å². The Hall–Kier alpha value is -0.390. The molecule has 23 heavy (non-hydrogen) atoms. The van der Waals surface area contributed by atoms with Gasteiger partial charge in [0.15, 0.2) is 0 Å². The van der Waals surface area contributed by atoms with E-state index < -0.39 is 0 Å². The van der Waals surface area contributed by atoms with E-state index in [9.17, 15) is 0 Å². The molecule has 1 unspecified atom stereocenters. The summed E-state index contributed by atoms with van der Waals surface area (Å²) < 4.78 is 0. The molecule has 0 radical (unpaired) electrons. The van der Waals surface area contributed by atoms with E-state index in [0.717, 1.165) is 8.58 Å². The van der Waals surface area contributed by atoms with Crippen LogP contribution in [0.4, 0.5) is 0 Å². The Morgan fingerprint density at radius 3 is 1.74 bits per heavy atom. The zero-order valence-corrected chi connectivity index (χ0v) is 16.7. The Kier molecular flexibility index (Phi) is 13.8. The molecule has 1 aromatic rings. The molecule has 0 bridgehead atoms. The van der Waals surface area contributed by atoms with E-state index in [1.54, 1.807) is 0 Å². The van der Waals surface area contributed by atoms with Gasteiger partial charge in [-0.2, -0.15) is 0 Å². The van der Waals surface area contributed by atoms with Gasteiger partial charge in [-0.05, 0) is 18.1 Å². The van der Waals surface area contributed by atoms with E-state index in [4.69, 9.17) is 0 Å². The fraction of sp³-hybridized carbons (Fsp3) is 0.714. The maximum Gasteiger partial charge on any atom is 0.00698 e. The fourth-order valence-corrected chi connectivity index (χ4v) is 4.39. The van der Waals surface area contributed by atoms with Crippen LogP contribution in [0.5, 0.6) is 0 Å². The van der Waals surface area contributed by atoms with Crippen molar-refractivity contribution in [3.05, 3.63) is 35.9 Å². The summed E-state index contributed by atoms with van der Waals surface area (Å²) in [4.78, 5) is 0. The summed E-state index contributed by atoms with van der Waals surface area (Å²) in [7, 11) is 1.05. The van der Waals surface area contributed by atoms with Crippen molar-refractivity contribution in [2.24, 2.45) is 0 Å². The van der Waals surface area contributed by atoms with Gasteiger partial charge in [-0.3, -0.25) is 0 Å². The van der Waals surface area contributed by atoms with Crippen LogP contribution < -0.4 is 0 Å². The number of hydrogen-bond donors (Lipinski definition) is 0. The lowest BCUT2D eigenvalue weighted by atomic mass is 10.0. The molecule has 0 aliphatic rings. The summed E-state index contributed by atoms with van der Waals surface area (Å²) in [6, 6.07) is 11.0. The Balaban J connectivity index is 0.00000484. The Morgan fingerprint density at radius 1 is 0.739 bits per heavy atom. The maximum absolute atomic E-state index is 2.40. The third kappa shape index (κ3) is 10.9. The molecular weight excluding hydrogens is 299 g/mol. The second kappa shape index (κ2) is 14.0. The molecule has 0 aliphatic heterocycles. The summed E-state index contributed by atoms with van der Waals surface area (Å²) in [5, 5.41) is 0.362. The van der Waals surface area contributed by atoms with Gasteiger partial charge in [-0.15, -0.1) is 8.58 Å². The predicted molar refractivity (Wildman–Crippen MR) is 108 cm³/mol. The molecule has 0 fully saturated rings. The zero-order chi connectivity index (χ0) is 16.1. The van der Waals surface area contributed by atoms with Crippen molar-refractivity contribution in [1.29, 1.82) is 0 Å². The van der Waals surface area contributed by atoms with Crippen molar-refractivity contribution in [3.63, 3.8) is 0 Å². The van der Waals surface area contributed by atoms with Gasteiger partial charge in [-0.25, -0.2) is 0 Å². The van der Waals surface area contributed by atoms with Crippen LogP contribution in [0.15, 0.2) is 30.3 Å². The van der Waals surface area contributed by atoms with Crippen LogP contribution in [0.2, 0.25) is 0 Å². The first-order chi connectivity index (χ1) is 10.7. The van der Waals surface area contributed by atoms with Crippen LogP contribution in [-0.2, 0) is 5.16 Å². The topological polar surface area (TPSA) is 31.5 Å². The van der Waals surface area contributed by atoms with Crippen molar-refractivity contribution in [2.75, 3.05) is 6.16 Å². The molecule has 1 atom stereocenters. The highest BCUT2D eigenvalue weighted by atomic mass is 31.1. The van der Waals surface area contributed by atoms with E-state index in [1.807, 2.05) is 0 Å². The van der Waals surface area contributed by atoms with Crippen LogP contribution >= 0.6 is 8.58 Å². The molecule has 1 rings (SSSR count). The van der Waals surface area contributed by atoms with Crippen LogP contribution in [-0.4, -0.2) is 11.6 Å². The maximum atomic E-state index is 2.40. The lowest BCUT2D eigenvalue weighted by molar-refractivity contribution is 0.562. The minimum Gasteiger partial charge on any atom is -0.412 e. The zero-order valence-electron chi connectivity index (χ0n) is 15.7. The molecule has 134 valence electrons. The fourth-order valence-electron chi connectivity index (χ4n) is 2.97. The normalized spacial score (nSPS) is 11.8. The molecule has 0 saturated heterocycles. The molecule has 0 saturated carbocycles. The molecule has 2 heteroatoms. The standard InChI is InChI=1S/C21H37P.H2O/c1-4-5-6-7-8-9-10-11-12-16-19-22-21(2,3)20-17-14-13-15-18-20;/h13-15,17-18,22H,4-12,16,19H2,1-3H3;1H2. The van der Waals surface area contributed by atoms with Gasteiger partial charge in [0.1, 0.15) is 0 Å². The van der Waals surface area contributed by atoms with Crippen molar-refractivity contribution in [3.8, 4) is 0 Å². The second-order valence-electron chi connectivity index (χ2n) is 7.10. The minimum atomic E-state index is 0. The van der Waals surface area contributed by atoms with Gasteiger partial charge in [-0.1, -0.05) is 109 Å². The third-order valence-corrected chi connectivity index (χ3v) is 6.37.